The van der Waals surface area contributed by atoms with Gasteiger partial charge in [0, 0.05) is 17.3 Å². The molecular formula is C18H21ClN2O2. The molecule has 0 atom stereocenters. The van der Waals surface area contributed by atoms with E-state index in [4.69, 9.17) is 16.3 Å². The van der Waals surface area contributed by atoms with Gasteiger partial charge < -0.3 is 10.1 Å². The molecule has 0 unspecified atom stereocenters. The minimum Gasteiger partial charge on any atom is -0.494 e. The smallest absolute Gasteiger partial charge is 0.235 e. The lowest BCUT2D eigenvalue weighted by Gasteiger charge is -2.31. The minimum atomic E-state index is -0.620. The van der Waals surface area contributed by atoms with Crippen molar-refractivity contribution in [2.45, 2.75) is 32.1 Å². The number of hydrogen-bond acceptors (Lipinski definition) is 3. The molecule has 1 heterocycles. The topological polar surface area (TPSA) is 51.2 Å². The summed E-state index contributed by atoms with van der Waals surface area (Å²) in [7, 11) is 1.57. The fourth-order valence-electron chi connectivity index (χ4n) is 2.77. The summed E-state index contributed by atoms with van der Waals surface area (Å²) in [6.07, 6.45) is 4.58. The lowest BCUT2D eigenvalue weighted by molar-refractivity contribution is -0.121. The summed E-state index contributed by atoms with van der Waals surface area (Å²) in [6.45, 7) is 4.02. The molecule has 2 rings (SSSR count). The third-order valence-electron chi connectivity index (χ3n) is 4.29. The molecule has 0 aliphatic heterocycles. The third kappa shape index (κ3) is 3.48. The summed E-state index contributed by atoms with van der Waals surface area (Å²) in [6, 6.07) is 9.17. The Bertz CT molecular complexity index is 667. The molecule has 1 aromatic carbocycles. The van der Waals surface area contributed by atoms with Crippen molar-refractivity contribution in [2.75, 3.05) is 12.4 Å². The van der Waals surface area contributed by atoms with Gasteiger partial charge in [-0.2, -0.15) is 0 Å². The lowest BCUT2D eigenvalue weighted by atomic mass is 9.75. The van der Waals surface area contributed by atoms with Crippen LogP contribution in [0.15, 0.2) is 42.7 Å². The predicted molar refractivity (Wildman–Crippen MR) is 93.1 cm³/mol. The first-order chi connectivity index (χ1) is 11.1. The second kappa shape index (κ2) is 7.47. The number of ether oxygens (including phenoxy) is 1. The third-order valence-corrected chi connectivity index (χ3v) is 4.54. The zero-order valence-electron chi connectivity index (χ0n) is 13.6. The van der Waals surface area contributed by atoms with Gasteiger partial charge in [-0.25, -0.2) is 0 Å². The molecule has 2 aromatic rings. The quantitative estimate of drug-likeness (QED) is 0.850. The normalized spacial score (nSPS) is 11.1. The molecule has 0 spiro atoms. The number of halogens is 1. The van der Waals surface area contributed by atoms with Crippen molar-refractivity contribution in [1.29, 1.82) is 0 Å². The molecular weight excluding hydrogens is 312 g/mol. The second-order valence-corrected chi connectivity index (χ2v) is 5.76. The molecule has 0 aliphatic carbocycles. The monoisotopic (exact) mass is 332 g/mol. The van der Waals surface area contributed by atoms with Crippen molar-refractivity contribution in [1.82, 2.24) is 4.98 Å². The Balaban J connectivity index is 2.37. The van der Waals surface area contributed by atoms with E-state index in [9.17, 15) is 4.79 Å². The summed E-state index contributed by atoms with van der Waals surface area (Å²) in [5, 5.41) is 3.61. The molecule has 1 N–H and O–H groups in total. The van der Waals surface area contributed by atoms with E-state index in [0.717, 1.165) is 5.56 Å². The van der Waals surface area contributed by atoms with E-state index >= 15 is 0 Å². The number of anilines is 1. The van der Waals surface area contributed by atoms with Crippen LogP contribution in [0.25, 0.3) is 0 Å². The molecule has 0 fully saturated rings. The van der Waals surface area contributed by atoms with Gasteiger partial charge in [0.1, 0.15) is 11.4 Å². The highest BCUT2D eigenvalue weighted by molar-refractivity contribution is 6.30. The fourth-order valence-corrected chi connectivity index (χ4v) is 2.90. The molecule has 0 saturated heterocycles. The first-order valence-electron chi connectivity index (χ1n) is 7.63. The molecule has 1 aromatic heterocycles. The average molecular weight is 333 g/mol. The molecule has 23 heavy (non-hydrogen) atoms. The number of nitrogens with zero attached hydrogens (tertiary/aromatic N) is 1. The fraction of sp³-hybridized carbons (Fsp3) is 0.333. The van der Waals surface area contributed by atoms with Crippen LogP contribution < -0.4 is 10.1 Å². The number of carbonyl (C=O) groups is 1. The zero-order chi connectivity index (χ0) is 16.9. The van der Waals surface area contributed by atoms with Crippen LogP contribution in [0.4, 0.5) is 5.69 Å². The van der Waals surface area contributed by atoms with E-state index in [1.165, 1.54) is 0 Å². The van der Waals surface area contributed by atoms with E-state index in [1.54, 1.807) is 25.6 Å². The zero-order valence-corrected chi connectivity index (χ0v) is 14.4. The lowest BCUT2D eigenvalue weighted by Crippen LogP contribution is -2.39. The molecule has 5 heteroatoms. The van der Waals surface area contributed by atoms with Crippen molar-refractivity contribution in [3.63, 3.8) is 0 Å². The number of nitrogens with one attached hydrogen (secondary N) is 1. The van der Waals surface area contributed by atoms with Gasteiger partial charge in [0.15, 0.2) is 0 Å². The van der Waals surface area contributed by atoms with E-state index in [0.29, 0.717) is 29.3 Å². The van der Waals surface area contributed by atoms with Gasteiger partial charge in [-0.05, 0) is 30.5 Å². The van der Waals surface area contributed by atoms with Gasteiger partial charge >= 0.3 is 0 Å². The van der Waals surface area contributed by atoms with E-state index in [2.05, 4.69) is 10.3 Å². The number of benzene rings is 1. The van der Waals surface area contributed by atoms with Crippen molar-refractivity contribution < 1.29 is 9.53 Å². The SMILES string of the molecule is CCC(CC)(C(=O)Nc1cnccc1OC)c1ccc(Cl)cc1. The number of rotatable bonds is 6. The standard InChI is InChI=1S/C18H21ClN2O2/c1-4-18(5-2,13-6-8-14(19)9-7-13)17(22)21-15-12-20-11-10-16(15)23-3/h6-12H,4-5H2,1-3H3,(H,21,22). The van der Waals surface area contributed by atoms with Gasteiger partial charge in [0.25, 0.3) is 0 Å². The molecule has 122 valence electrons. The van der Waals surface area contributed by atoms with E-state index in [1.807, 2.05) is 38.1 Å². The molecule has 0 aliphatic rings. The number of pyridine rings is 1. The number of carbonyl (C=O) groups excluding carboxylic acids is 1. The van der Waals surface area contributed by atoms with Gasteiger partial charge in [-0.3, -0.25) is 9.78 Å². The minimum absolute atomic E-state index is 0.0730. The highest BCUT2D eigenvalue weighted by atomic mass is 35.5. The van der Waals surface area contributed by atoms with Crippen LogP contribution in [-0.2, 0) is 10.2 Å². The predicted octanol–water partition coefficient (Wildman–Crippen LogP) is 4.44. The van der Waals surface area contributed by atoms with E-state index in [-0.39, 0.29) is 5.91 Å². The van der Waals surface area contributed by atoms with Gasteiger partial charge in [0.2, 0.25) is 5.91 Å². The van der Waals surface area contributed by atoms with Crippen molar-refractivity contribution in [3.8, 4) is 5.75 Å². The Morgan fingerprint density at radius 3 is 2.43 bits per heavy atom. The highest BCUT2D eigenvalue weighted by Crippen LogP contribution is 2.35. The first-order valence-corrected chi connectivity index (χ1v) is 8.00. The Labute approximate surface area is 141 Å². The van der Waals surface area contributed by atoms with Crippen LogP contribution in [0.3, 0.4) is 0 Å². The molecule has 1 amide bonds. The maximum atomic E-state index is 13.0. The highest BCUT2D eigenvalue weighted by Gasteiger charge is 2.37. The van der Waals surface area contributed by atoms with Crippen LogP contribution in [0.2, 0.25) is 5.02 Å². The Morgan fingerprint density at radius 2 is 1.87 bits per heavy atom. The van der Waals surface area contributed by atoms with Crippen molar-refractivity contribution >= 4 is 23.2 Å². The Kier molecular flexibility index (Phi) is 5.61. The average Bonchev–Trinajstić information content (AvgIpc) is 2.58. The maximum absolute atomic E-state index is 13.0. The summed E-state index contributed by atoms with van der Waals surface area (Å²) >= 11 is 5.97. The summed E-state index contributed by atoms with van der Waals surface area (Å²) in [4.78, 5) is 17.1. The van der Waals surface area contributed by atoms with Crippen molar-refractivity contribution in [3.05, 3.63) is 53.3 Å². The first kappa shape index (κ1) is 17.3. The number of methoxy groups -OCH3 is 1. The van der Waals surface area contributed by atoms with Crippen molar-refractivity contribution in [2.24, 2.45) is 0 Å². The molecule has 0 radical (unpaired) electrons. The van der Waals surface area contributed by atoms with Crippen LogP contribution in [-0.4, -0.2) is 18.0 Å². The summed E-state index contributed by atoms with van der Waals surface area (Å²) in [5.74, 6) is 0.515. The van der Waals surface area contributed by atoms with Gasteiger partial charge in [-0.15, -0.1) is 0 Å². The maximum Gasteiger partial charge on any atom is 0.235 e. The molecule has 0 bridgehead atoms. The summed E-state index contributed by atoms with van der Waals surface area (Å²) in [5.41, 5.74) is 0.901. The Morgan fingerprint density at radius 1 is 1.22 bits per heavy atom. The van der Waals surface area contributed by atoms with Gasteiger partial charge in [-0.1, -0.05) is 37.6 Å². The van der Waals surface area contributed by atoms with Gasteiger partial charge in [0.05, 0.1) is 18.7 Å². The molecule has 4 nitrogen and oxygen atoms in total. The van der Waals surface area contributed by atoms with Crippen LogP contribution >= 0.6 is 11.6 Å². The van der Waals surface area contributed by atoms with Crippen LogP contribution in [0.5, 0.6) is 5.75 Å². The van der Waals surface area contributed by atoms with Crippen LogP contribution in [0.1, 0.15) is 32.3 Å². The van der Waals surface area contributed by atoms with E-state index < -0.39 is 5.41 Å². The number of hydrogen-bond donors (Lipinski definition) is 1. The number of amides is 1. The number of aromatic nitrogens is 1. The van der Waals surface area contributed by atoms with Crippen LogP contribution in [0, 0.1) is 0 Å². The second-order valence-electron chi connectivity index (χ2n) is 5.33. The molecule has 0 saturated carbocycles. The summed E-state index contributed by atoms with van der Waals surface area (Å²) < 4.78 is 5.28. The largest absolute Gasteiger partial charge is 0.494 e. The Hall–Kier alpha value is -2.07.